The average Bonchev–Trinajstić information content (AvgIpc) is 2.39. The molecule has 1 rings (SSSR count). The first-order valence-electron chi connectivity index (χ1n) is 6.57. The fourth-order valence-corrected chi connectivity index (χ4v) is 1.99. The summed E-state index contributed by atoms with van der Waals surface area (Å²) >= 11 is 0. The summed E-state index contributed by atoms with van der Waals surface area (Å²) in [6.07, 6.45) is 4.67. The number of rotatable bonds is 7. The number of aldehydes is 1. The largest absolute Gasteiger partial charge is 0.326 e. The van der Waals surface area contributed by atoms with Gasteiger partial charge in [0.1, 0.15) is 6.29 Å². The van der Waals surface area contributed by atoms with Crippen molar-refractivity contribution in [2.24, 2.45) is 5.92 Å². The van der Waals surface area contributed by atoms with E-state index in [9.17, 15) is 9.59 Å². The third-order valence-electron chi connectivity index (χ3n) is 2.96. The maximum absolute atomic E-state index is 12.1. The number of amides is 1. The summed E-state index contributed by atoms with van der Waals surface area (Å²) < 4.78 is 0. The van der Waals surface area contributed by atoms with E-state index in [0.717, 1.165) is 37.7 Å². The van der Waals surface area contributed by atoms with Gasteiger partial charge in [0.2, 0.25) is 5.91 Å². The Morgan fingerprint density at radius 2 is 1.72 bits per heavy atom. The van der Waals surface area contributed by atoms with E-state index in [1.165, 1.54) is 0 Å². The van der Waals surface area contributed by atoms with E-state index in [-0.39, 0.29) is 11.8 Å². The predicted octanol–water partition coefficient (Wildman–Crippen LogP) is 3.65. The topological polar surface area (TPSA) is 46.2 Å². The summed E-state index contributed by atoms with van der Waals surface area (Å²) in [7, 11) is 0. The lowest BCUT2D eigenvalue weighted by Crippen LogP contribution is -2.22. The number of hydrogen-bond acceptors (Lipinski definition) is 2. The summed E-state index contributed by atoms with van der Waals surface area (Å²) in [6.45, 7) is 4.18. The van der Waals surface area contributed by atoms with Crippen LogP contribution in [0.2, 0.25) is 0 Å². The molecule has 0 aliphatic carbocycles. The third-order valence-corrected chi connectivity index (χ3v) is 2.96. The minimum absolute atomic E-state index is 0.0811. The summed E-state index contributed by atoms with van der Waals surface area (Å²) in [5, 5.41) is 2.91. The second-order valence-electron chi connectivity index (χ2n) is 4.50. The number of anilines is 1. The van der Waals surface area contributed by atoms with Gasteiger partial charge in [-0.2, -0.15) is 0 Å². The minimum Gasteiger partial charge on any atom is -0.326 e. The second kappa shape index (κ2) is 7.64. The van der Waals surface area contributed by atoms with Crippen LogP contribution in [0.15, 0.2) is 24.3 Å². The van der Waals surface area contributed by atoms with Crippen LogP contribution in [-0.4, -0.2) is 12.2 Å². The molecule has 1 N–H and O–H groups in total. The molecule has 0 radical (unpaired) electrons. The third kappa shape index (κ3) is 4.32. The molecule has 0 aliphatic rings. The van der Waals surface area contributed by atoms with E-state index >= 15 is 0 Å². The van der Waals surface area contributed by atoms with Gasteiger partial charge in [-0.05, 0) is 37.1 Å². The molecule has 0 saturated heterocycles. The Hall–Kier alpha value is -1.64. The van der Waals surface area contributed by atoms with Crippen LogP contribution < -0.4 is 5.32 Å². The van der Waals surface area contributed by atoms with Gasteiger partial charge in [0.05, 0.1) is 0 Å². The van der Waals surface area contributed by atoms with Crippen LogP contribution >= 0.6 is 0 Å². The molecule has 1 amide bonds. The lowest BCUT2D eigenvalue weighted by molar-refractivity contribution is -0.120. The van der Waals surface area contributed by atoms with Crippen molar-refractivity contribution in [1.29, 1.82) is 0 Å². The van der Waals surface area contributed by atoms with Crippen LogP contribution in [-0.2, 0) is 4.79 Å². The average molecular weight is 247 g/mol. The fourth-order valence-electron chi connectivity index (χ4n) is 1.99. The van der Waals surface area contributed by atoms with E-state index < -0.39 is 0 Å². The number of carbonyl (C=O) groups excluding carboxylic acids is 2. The molecule has 98 valence electrons. The van der Waals surface area contributed by atoms with Crippen molar-refractivity contribution in [2.75, 3.05) is 5.32 Å². The van der Waals surface area contributed by atoms with Gasteiger partial charge >= 0.3 is 0 Å². The molecular formula is C15H21NO2. The van der Waals surface area contributed by atoms with Crippen molar-refractivity contribution in [3.05, 3.63) is 29.8 Å². The van der Waals surface area contributed by atoms with Crippen molar-refractivity contribution in [2.45, 2.75) is 39.5 Å². The zero-order valence-electron chi connectivity index (χ0n) is 11.1. The van der Waals surface area contributed by atoms with Crippen LogP contribution in [0.5, 0.6) is 0 Å². The minimum atomic E-state index is 0.0811. The van der Waals surface area contributed by atoms with E-state index in [0.29, 0.717) is 5.56 Å². The van der Waals surface area contributed by atoms with Crippen molar-refractivity contribution in [3.63, 3.8) is 0 Å². The molecule has 0 saturated carbocycles. The normalized spacial score (nSPS) is 10.4. The highest BCUT2D eigenvalue weighted by Crippen LogP contribution is 2.17. The SMILES string of the molecule is CCCC(CCC)C(=O)Nc1ccc(C=O)cc1. The zero-order chi connectivity index (χ0) is 13.4. The van der Waals surface area contributed by atoms with E-state index in [1.54, 1.807) is 24.3 Å². The molecule has 0 spiro atoms. The summed E-state index contributed by atoms with van der Waals surface area (Å²) in [6, 6.07) is 6.93. The molecule has 0 aromatic heterocycles. The maximum Gasteiger partial charge on any atom is 0.227 e. The molecule has 3 heteroatoms. The molecule has 1 aromatic rings. The van der Waals surface area contributed by atoms with Crippen molar-refractivity contribution >= 4 is 17.9 Å². The van der Waals surface area contributed by atoms with Gasteiger partial charge in [0.25, 0.3) is 0 Å². The molecule has 0 fully saturated rings. The lowest BCUT2D eigenvalue weighted by Gasteiger charge is -2.15. The van der Waals surface area contributed by atoms with E-state index in [1.807, 2.05) is 0 Å². The highest BCUT2D eigenvalue weighted by Gasteiger charge is 2.16. The molecule has 0 unspecified atom stereocenters. The summed E-state index contributed by atoms with van der Waals surface area (Å²) in [5.74, 6) is 0.170. The maximum atomic E-state index is 12.1. The van der Waals surface area contributed by atoms with Crippen molar-refractivity contribution in [1.82, 2.24) is 0 Å². The summed E-state index contributed by atoms with van der Waals surface area (Å²) in [4.78, 5) is 22.6. The Kier molecular flexibility index (Phi) is 6.12. The molecule has 1 aromatic carbocycles. The van der Waals surface area contributed by atoms with Crippen LogP contribution in [0.1, 0.15) is 49.9 Å². The van der Waals surface area contributed by atoms with Crippen LogP contribution in [0, 0.1) is 5.92 Å². The number of benzene rings is 1. The zero-order valence-corrected chi connectivity index (χ0v) is 11.1. The molecule has 0 heterocycles. The van der Waals surface area contributed by atoms with Gasteiger partial charge in [0.15, 0.2) is 0 Å². The Labute approximate surface area is 109 Å². The monoisotopic (exact) mass is 247 g/mol. The van der Waals surface area contributed by atoms with Gasteiger partial charge in [-0.3, -0.25) is 9.59 Å². The Balaban J connectivity index is 2.63. The molecule has 3 nitrogen and oxygen atoms in total. The Bertz CT molecular complexity index is 378. The van der Waals surface area contributed by atoms with Crippen molar-refractivity contribution < 1.29 is 9.59 Å². The van der Waals surface area contributed by atoms with Crippen LogP contribution in [0.3, 0.4) is 0 Å². The summed E-state index contributed by atoms with van der Waals surface area (Å²) in [5.41, 5.74) is 1.37. The number of hydrogen-bond donors (Lipinski definition) is 1. The van der Waals surface area contributed by atoms with Gasteiger partial charge in [0, 0.05) is 17.2 Å². The Morgan fingerprint density at radius 3 is 2.17 bits per heavy atom. The Morgan fingerprint density at radius 1 is 1.17 bits per heavy atom. The number of carbonyl (C=O) groups is 2. The first-order chi connectivity index (χ1) is 8.71. The van der Waals surface area contributed by atoms with Crippen LogP contribution in [0.4, 0.5) is 5.69 Å². The molecule has 0 aliphatic heterocycles. The second-order valence-corrected chi connectivity index (χ2v) is 4.50. The quantitative estimate of drug-likeness (QED) is 0.747. The standard InChI is InChI=1S/C15H21NO2/c1-3-5-13(6-4-2)15(18)16-14-9-7-12(11-17)8-10-14/h7-11,13H,3-6H2,1-2H3,(H,16,18). The number of nitrogens with one attached hydrogen (secondary N) is 1. The fraction of sp³-hybridized carbons (Fsp3) is 0.467. The smallest absolute Gasteiger partial charge is 0.227 e. The first kappa shape index (κ1) is 14.4. The van der Waals surface area contributed by atoms with Gasteiger partial charge in [-0.1, -0.05) is 26.7 Å². The van der Waals surface area contributed by atoms with E-state index in [2.05, 4.69) is 19.2 Å². The highest BCUT2D eigenvalue weighted by molar-refractivity contribution is 5.92. The molecular weight excluding hydrogens is 226 g/mol. The first-order valence-corrected chi connectivity index (χ1v) is 6.57. The highest BCUT2D eigenvalue weighted by atomic mass is 16.1. The molecule has 18 heavy (non-hydrogen) atoms. The van der Waals surface area contributed by atoms with Gasteiger partial charge < -0.3 is 5.32 Å². The van der Waals surface area contributed by atoms with E-state index in [4.69, 9.17) is 0 Å². The van der Waals surface area contributed by atoms with Gasteiger partial charge in [-0.25, -0.2) is 0 Å². The van der Waals surface area contributed by atoms with Gasteiger partial charge in [-0.15, -0.1) is 0 Å². The molecule has 0 atom stereocenters. The lowest BCUT2D eigenvalue weighted by atomic mass is 9.97. The van der Waals surface area contributed by atoms with Crippen LogP contribution in [0.25, 0.3) is 0 Å². The molecule has 0 bridgehead atoms. The predicted molar refractivity (Wildman–Crippen MR) is 73.8 cm³/mol. The van der Waals surface area contributed by atoms with Crippen molar-refractivity contribution in [3.8, 4) is 0 Å².